The number of hydrogen-bond donors (Lipinski definition) is 1. The Balaban J connectivity index is 2.13. The van der Waals surface area contributed by atoms with Crippen molar-refractivity contribution in [2.45, 2.75) is 20.8 Å². The Morgan fingerprint density at radius 2 is 1.70 bits per heavy atom. The third-order valence-corrected chi connectivity index (χ3v) is 2.70. The van der Waals surface area contributed by atoms with Gasteiger partial charge in [0.25, 0.3) is 0 Å². The fourth-order valence-corrected chi connectivity index (χ4v) is 1.88. The van der Waals surface area contributed by atoms with Crippen LogP contribution in [0.5, 0.6) is 0 Å². The minimum Gasteiger partial charge on any atom is -0.328 e. The van der Waals surface area contributed by atoms with E-state index in [1.807, 2.05) is 45.0 Å². The van der Waals surface area contributed by atoms with E-state index in [1.54, 1.807) is 18.2 Å². The Bertz CT molecular complexity index is 628. The molecule has 1 aromatic heterocycles. The van der Waals surface area contributed by atoms with Crippen LogP contribution < -0.4 is 5.32 Å². The minimum absolute atomic E-state index is 0.0417. The zero-order valence-corrected chi connectivity index (χ0v) is 11.8. The van der Waals surface area contributed by atoms with Crippen LogP contribution in [-0.4, -0.2) is 15.8 Å². The topological polar surface area (TPSA) is 54.9 Å². The van der Waals surface area contributed by atoms with Crippen molar-refractivity contribution in [2.24, 2.45) is 0 Å². The average Bonchev–Trinajstić information content (AvgIpc) is 2.38. The molecule has 0 aliphatic rings. The van der Waals surface area contributed by atoms with E-state index in [1.165, 1.54) is 0 Å². The van der Waals surface area contributed by atoms with E-state index < -0.39 is 0 Å². The van der Waals surface area contributed by atoms with Gasteiger partial charge in [0.2, 0.25) is 5.95 Å². The van der Waals surface area contributed by atoms with Crippen molar-refractivity contribution in [1.82, 2.24) is 9.97 Å². The maximum absolute atomic E-state index is 12.0. The van der Waals surface area contributed by atoms with Gasteiger partial charge < -0.3 is 5.32 Å². The van der Waals surface area contributed by atoms with Gasteiger partial charge in [-0.25, -0.2) is 9.97 Å². The van der Waals surface area contributed by atoms with Gasteiger partial charge in [0.1, 0.15) is 0 Å². The van der Waals surface area contributed by atoms with Crippen molar-refractivity contribution in [2.75, 3.05) is 5.32 Å². The molecular formula is C16H17N3O. The largest absolute Gasteiger partial charge is 0.328 e. The molecule has 0 aliphatic heterocycles. The molecule has 0 fully saturated rings. The summed E-state index contributed by atoms with van der Waals surface area (Å²) in [5.41, 5.74) is 3.16. The third-order valence-electron chi connectivity index (χ3n) is 2.70. The van der Waals surface area contributed by atoms with E-state index >= 15 is 0 Å². The second-order valence-corrected chi connectivity index (χ2v) is 4.66. The van der Waals surface area contributed by atoms with Crippen molar-refractivity contribution in [3.05, 3.63) is 65.1 Å². The Morgan fingerprint density at radius 3 is 2.30 bits per heavy atom. The van der Waals surface area contributed by atoms with Gasteiger partial charge in [-0.15, -0.1) is 0 Å². The minimum atomic E-state index is -0.0417. The zero-order chi connectivity index (χ0) is 14.5. The lowest BCUT2D eigenvalue weighted by Gasteiger charge is -2.06. The van der Waals surface area contributed by atoms with Gasteiger partial charge in [-0.1, -0.05) is 30.3 Å². The van der Waals surface area contributed by atoms with Gasteiger partial charge in [-0.05, 0) is 26.8 Å². The molecule has 0 atom stereocenters. The molecule has 1 heterocycles. The highest BCUT2D eigenvalue weighted by Crippen LogP contribution is 2.08. The number of allylic oxidation sites excluding steroid dienone is 2. The van der Waals surface area contributed by atoms with Crippen molar-refractivity contribution in [3.8, 4) is 0 Å². The lowest BCUT2D eigenvalue weighted by Crippen LogP contribution is -2.05. The first-order valence-electron chi connectivity index (χ1n) is 6.41. The highest BCUT2D eigenvalue weighted by atomic mass is 16.1. The molecule has 0 saturated carbocycles. The van der Waals surface area contributed by atoms with Gasteiger partial charge in [-0.3, -0.25) is 4.79 Å². The first-order chi connectivity index (χ1) is 9.54. The number of aryl methyl sites for hydroxylation is 2. The summed E-state index contributed by atoms with van der Waals surface area (Å²) in [5.74, 6) is 0.470. The van der Waals surface area contributed by atoms with E-state index in [0.29, 0.717) is 17.2 Å². The third kappa shape index (κ3) is 3.75. The maximum atomic E-state index is 12.0. The summed E-state index contributed by atoms with van der Waals surface area (Å²) >= 11 is 0. The summed E-state index contributed by atoms with van der Waals surface area (Å²) in [6, 6.07) is 11.1. The van der Waals surface area contributed by atoms with Gasteiger partial charge in [0.15, 0.2) is 5.78 Å². The molecule has 0 radical (unpaired) electrons. The number of rotatable bonds is 4. The number of hydrogen-bond acceptors (Lipinski definition) is 4. The number of aromatic nitrogens is 2. The molecule has 1 aromatic carbocycles. The van der Waals surface area contributed by atoms with Gasteiger partial charge >= 0.3 is 0 Å². The molecule has 4 heteroatoms. The molecular weight excluding hydrogens is 250 g/mol. The first kappa shape index (κ1) is 13.9. The first-order valence-corrected chi connectivity index (χ1v) is 6.41. The van der Waals surface area contributed by atoms with Crippen molar-refractivity contribution < 1.29 is 4.79 Å². The van der Waals surface area contributed by atoms with E-state index in [0.717, 1.165) is 11.4 Å². The summed E-state index contributed by atoms with van der Waals surface area (Å²) in [6.45, 7) is 5.64. The highest BCUT2D eigenvalue weighted by Gasteiger charge is 2.04. The molecule has 2 aromatic rings. The maximum Gasteiger partial charge on any atom is 0.227 e. The fraction of sp³-hybridized carbons (Fsp3) is 0.188. The number of carbonyl (C=O) groups is 1. The van der Waals surface area contributed by atoms with Crippen LogP contribution >= 0.6 is 0 Å². The number of carbonyl (C=O) groups excluding carboxylic acids is 1. The summed E-state index contributed by atoms with van der Waals surface area (Å²) in [7, 11) is 0. The molecule has 102 valence electrons. The fourth-order valence-electron chi connectivity index (χ4n) is 1.88. The summed E-state index contributed by atoms with van der Waals surface area (Å²) in [5, 5.41) is 3.04. The molecule has 1 N–H and O–H groups in total. The molecule has 4 nitrogen and oxygen atoms in total. The van der Waals surface area contributed by atoms with Gasteiger partial charge in [-0.2, -0.15) is 0 Å². The molecule has 0 aliphatic carbocycles. The normalized spacial score (nSPS) is 11.2. The Labute approximate surface area is 118 Å². The van der Waals surface area contributed by atoms with Crippen LogP contribution in [0.1, 0.15) is 28.7 Å². The van der Waals surface area contributed by atoms with Gasteiger partial charge in [0.05, 0.1) is 0 Å². The van der Waals surface area contributed by atoms with Crippen molar-refractivity contribution in [3.63, 3.8) is 0 Å². The summed E-state index contributed by atoms with van der Waals surface area (Å²) in [4.78, 5) is 20.6. The number of benzene rings is 1. The lowest BCUT2D eigenvalue weighted by atomic mass is 10.1. The second kappa shape index (κ2) is 6.10. The predicted molar refractivity (Wildman–Crippen MR) is 79.7 cm³/mol. The zero-order valence-electron chi connectivity index (χ0n) is 11.8. The van der Waals surface area contributed by atoms with Gasteiger partial charge in [0, 0.05) is 28.7 Å². The van der Waals surface area contributed by atoms with Crippen LogP contribution in [0.15, 0.2) is 48.2 Å². The molecule has 0 saturated heterocycles. The number of ketones is 1. The van der Waals surface area contributed by atoms with Crippen LogP contribution in [0.3, 0.4) is 0 Å². The van der Waals surface area contributed by atoms with E-state index in [-0.39, 0.29) is 5.78 Å². The second-order valence-electron chi connectivity index (χ2n) is 4.66. The highest BCUT2D eigenvalue weighted by molar-refractivity contribution is 6.05. The molecule has 0 unspecified atom stereocenters. The Morgan fingerprint density at radius 1 is 1.10 bits per heavy atom. The number of anilines is 1. The summed E-state index contributed by atoms with van der Waals surface area (Å²) < 4.78 is 0. The van der Waals surface area contributed by atoms with Crippen LogP contribution in [0, 0.1) is 13.8 Å². The Kier molecular flexibility index (Phi) is 4.25. The van der Waals surface area contributed by atoms with Crippen LogP contribution in [0.25, 0.3) is 0 Å². The van der Waals surface area contributed by atoms with Crippen LogP contribution in [0.2, 0.25) is 0 Å². The smallest absolute Gasteiger partial charge is 0.227 e. The lowest BCUT2D eigenvalue weighted by molar-refractivity contribution is 0.104. The summed E-state index contributed by atoms with van der Waals surface area (Å²) in [6.07, 6.45) is 1.55. The monoisotopic (exact) mass is 267 g/mol. The molecule has 0 amide bonds. The predicted octanol–water partition coefficient (Wildman–Crippen LogP) is 3.29. The van der Waals surface area contributed by atoms with E-state index in [9.17, 15) is 4.79 Å². The number of nitrogens with zero attached hydrogens (tertiary/aromatic N) is 2. The molecule has 2 rings (SSSR count). The van der Waals surface area contributed by atoms with Crippen molar-refractivity contribution >= 4 is 11.7 Å². The average molecular weight is 267 g/mol. The van der Waals surface area contributed by atoms with Crippen LogP contribution in [0.4, 0.5) is 5.95 Å². The molecule has 0 spiro atoms. The van der Waals surface area contributed by atoms with Crippen molar-refractivity contribution in [1.29, 1.82) is 0 Å². The Hall–Kier alpha value is -2.49. The standard InChI is InChI=1S/C16H17N3O/c1-11-9-12(2)18-16(17-11)19-13(3)10-15(20)14-7-5-4-6-8-14/h4-10H,1-3H3,(H,17,18,19)/b13-10-. The number of nitrogens with one attached hydrogen (secondary N) is 1. The SMILES string of the molecule is C/C(=C/C(=O)c1ccccc1)Nc1nc(C)cc(C)n1. The molecule has 20 heavy (non-hydrogen) atoms. The van der Waals surface area contributed by atoms with E-state index in [2.05, 4.69) is 15.3 Å². The van der Waals surface area contributed by atoms with Crippen LogP contribution in [-0.2, 0) is 0 Å². The molecule has 0 bridgehead atoms. The quantitative estimate of drug-likeness (QED) is 0.682. The van der Waals surface area contributed by atoms with E-state index in [4.69, 9.17) is 0 Å².